The van der Waals surface area contributed by atoms with E-state index < -0.39 is 6.10 Å². The molecule has 0 spiro atoms. The monoisotopic (exact) mass is 281 g/mol. The molecule has 0 saturated carbocycles. The maximum Gasteiger partial charge on any atom is 0.289 e. The number of carbonyl (C=O) groups is 1. The number of halogens is 1. The molecule has 0 saturated heterocycles. The molecule has 0 fully saturated rings. The summed E-state index contributed by atoms with van der Waals surface area (Å²) in [4.78, 5) is 13.7. The van der Waals surface area contributed by atoms with Crippen LogP contribution in [0.25, 0.3) is 11.0 Å². The number of furan rings is 1. The second kappa shape index (κ2) is 5.63. The summed E-state index contributed by atoms with van der Waals surface area (Å²) in [5, 5.41) is 10.6. The van der Waals surface area contributed by atoms with Gasteiger partial charge in [-0.1, -0.05) is 11.6 Å². The van der Waals surface area contributed by atoms with E-state index >= 15 is 0 Å². The molecule has 2 aromatic rings. The third-order valence-electron chi connectivity index (χ3n) is 2.92. The van der Waals surface area contributed by atoms with Gasteiger partial charge in [0.15, 0.2) is 5.76 Å². The normalized spacial score (nSPS) is 12.6. The average molecular weight is 282 g/mol. The number of hydrogen-bond donors (Lipinski definition) is 1. The van der Waals surface area contributed by atoms with Crippen LogP contribution in [0, 0.1) is 0 Å². The number of aliphatic hydroxyl groups excluding tert-OH is 1. The minimum absolute atomic E-state index is 0.201. The molecule has 0 aliphatic carbocycles. The van der Waals surface area contributed by atoms with E-state index in [1.54, 1.807) is 38.2 Å². The average Bonchev–Trinajstić information content (AvgIpc) is 2.77. The van der Waals surface area contributed by atoms with Crippen molar-refractivity contribution in [1.82, 2.24) is 4.90 Å². The van der Waals surface area contributed by atoms with Crippen LogP contribution in [0.4, 0.5) is 0 Å². The molecule has 0 radical (unpaired) electrons. The fourth-order valence-electron chi connectivity index (χ4n) is 1.79. The first-order valence-corrected chi connectivity index (χ1v) is 6.48. The number of rotatable bonds is 4. The van der Waals surface area contributed by atoms with Crippen LogP contribution >= 0.6 is 11.6 Å². The minimum Gasteiger partial charge on any atom is -0.451 e. The zero-order valence-electron chi connectivity index (χ0n) is 10.9. The molecule has 0 aliphatic rings. The third kappa shape index (κ3) is 3.28. The summed E-state index contributed by atoms with van der Waals surface area (Å²) in [6.07, 6.45) is 0.110. The summed E-state index contributed by atoms with van der Waals surface area (Å²) in [5.41, 5.74) is 0.636. The van der Waals surface area contributed by atoms with Crippen molar-refractivity contribution in [3.05, 3.63) is 35.0 Å². The Morgan fingerprint density at radius 1 is 1.47 bits per heavy atom. The molecule has 1 unspecified atom stereocenters. The quantitative estimate of drug-likeness (QED) is 0.937. The van der Waals surface area contributed by atoms with Crippen LogP contribution in [-0.2, 0) is 0 Å². The van der Waals surface area contributed by atoms with Gasteiger partial charge in [-0.05, 0) is 37.6 Å². The van der Waals surface area contributed by atoms with E-state index in [2.05, 4.69) is 0 Å². The van der Waals surface area contributed by atoms with Gasteiger partial charge < -0.3 is 14.4 Å². The Balaban J connectivity index is 2.16. The van der Waals surface area contributed by atoms with Gasteiger partial charge in [-0.2, -0.15) is 0 Å². The van der Waals surface area contributed by atoms with Crippen molar-refractivity contribution >= 4 is 28.5 Å². The second-order valence-electron chi connectivity index (χ2n) is 4.66. The lowest BCUT2D eigenvalue weighted by Crippen LogP contribution is -2.29. The fourth-order valence-corrected chi connectivity index (χ4v) is 1.97. The van der Waals surface area contributed by atoms with Crippen molar-refractivity contribution < 1.29 is 14.3 Å². The highest BCUT2D eigenvalue weighted by Crippen LogP contribution is 2.23. The fraction of sp³-hybridized carbons (Fsp3) is 0.357. The number of aliphatic hydroxyl groups is 1. The van der Waals surface area contributed by atoms with Crippen molar-refractivity contribution in [1.29, 1.82) is 0 Å². The smallest absolute Gasteiger partial charge is 0.289 e. The molecule has 1 amide bonds. The first-order valence-electron chi connectivity index (χ1n) is 6.10. The van der Waals surface area contributed by atoms with Crippen molar-refractivity contribution in [2.24, 2.45) is 0 Å². The lowest BCUT2D eigenvalue weighted by molar-refractivity contribution is 0.0740. The van der Waals surface area contributed by atoms with Crippen molar-refractivity contribution in [2.45, 2.75) is 19.4 Å². The maximum atomic E-state index is 12.1. The van der Waals surface area contributed by atoms with Gasteiger partial charge in [0.1, 0.15) is 5.58 Å². The van der Waals surface area contributed by atoms with E-state index in [-0.39, 0.29) is 11.7 Å². The molecular formula is C14H16ClNO3. The Kier molecular flexibility index (Phi) is 4.12. The van der Waals surface area contributed by atoms with E-state index in [4.69, 9.17) is 16.0 Å². The summed E-state index contributed by atoms with van der Waals surface area (Å²) >= 11 is 5.89. The van der Waals surface area contributed by atoms with Crippen LogP contribution < -0.4 is 0 Å². The molecule has 4 nitrogen and oxygen atoms in total. The Bertz CT molecular complexity index is 591. The summed E-state index contributed by atoms with van der Waals surface area (Å²) < 4.78 is 5.50. The van der Waals surface area contributed by atoms with Gasteiger partial charge in [0.25, 0.3) is 5.91 Å². The zero-order chi connectivity index (χ0) is 14.0. The molecular weight excluding hydrogens is 266 g/mol. The van der Waals surface area contributed by atoms with Crippen LogP contribution in [0.2, 0.25) is 5.02 Å². The number of fused-ring (bicyclic) bond motifs is 1. The number of carbonyl (C=O) groups excluding carboxylic acids is 1. The van der Waals surface area contributed by atoms with Crippen LogP contribution in [0.15, 0.2) is 28.7 Å². The molecule has 0 bridgehead atoms. The molecule has 19 heavy (non-hydrogen) atoms. The standard InChI is InChI=1S/C14H16ClNO3/c1-9(17)5-6-16(2)14(18)13-8-10-7-11(15)3-4-12(10)19-13/h3-4,7-9,17H,5-6H2,1-2H3. The third-order valence-corrected chi connectivity index (χ3v) is 3.15. The second-order valence-corrected chi connectivity index (χ2v) is 5.09. The van der Waals surface area contributed by atoms with E-state index in [1.807, 2.05) is 0 Å². The van der Waals surface area contributed by atoms with E-state index in [0.717, 1.165) is 5.39 Å². The van der Waals surface area contributed by atoms with Gasteiger partial charge in [0.2, 0.25) is 0 Å². The van der Waals surface area contributed by atoms with Gasteiger partial charge >= 0.3 is 0 Å². The van der Waals surface area contributed by atoms with E-state index in [1.165, 1.54) is 4.90 Å². The van der Waals surface area contributed by atoms with Crippen molar-refractivity contribution in [3.8, 4) is 0 Å². The Hall–Kier alpha value is -1.52. The van der Waals surface area contributed by atoms with E-state index in [9.17, 15) is 9.90 Å². The SMILES string of the molecule is CC(O)CCN(C)C(=O)c1cc2cc(Cl)ccc2o1. The van der Waals surface area contributed by atoms with Crippen LogP contribution in [-0.4, -0.2) is 35.6 Å². The Morgan fingerprint density at radius 2 is 2.21 bits per heavy atom. The molecule has 2 rings (SSSR count). The van der Waals surface area contributed by atoms with Gasteiger partial charge in [-0.15, -0.1) is 0 Å². The molecule has 1 aromatic heterocycles. The largest absolute Gasteiger partial charge is 0.451 e. The minimum atomic E-state index is -0.426. The van der Waals surface area contributed by atoms with Crippen molar-refractivity contribution in [2.75, 3.05) is 13.6 Å². The highest BCUT2D eigenvalue weighted by molar-refractivity contribution is 6.31. The van der Waals surface area contributed by atoms with E-state index in [0.29, 0.717) is 23.6 Å². The summed E-state index contributed by atoms with van der Waals surface area (Å²) in [6, 6.07) is 6.90. The van der Waals surface area contributed by atoms with Crippen LogP contribution in [0.5, 0.6) is 0 Å². The van der Waals surface area contributed by atoms with Gasteiger partial charge in [-0.25, -0.2) is 0 Å². The number of hydrogen-bond acceptors (Lipinski definition) is 3. The zero-order valence-corrected chi connectivity index (χ0v) is 11.6. The van der Waals surface area contributed by atoms with Gasteiger partial charge in [0, 0.05) is 24.0 Å². The highest BCUT2D eigenvalue weighted by Gasteiger charge is 2.17. The molecule has 1 N–H and O–H groups in total. The van der Waals surface area contributed by atoms with Gasteiger partial charge in [-0.3, -0.25) is 4.79 Å². The summed E-state index contributed by atoms with van der Waals surface area (Å²) in [7, 11) is 1.69. The lowest BCUT2D eigenvalue weighted by Gasteiger charge is -2.16. The molecule has 1 heterocycles. The molecule has 1 aromatic carbocycles. The molecule has 1 atom stereocenters. The Morgan fingerprint density at radius 3 is 2.89 bits per heavy atom. The molecule has 0 aliphatic heterocycles. The highest BCUT2D eigenvalue weighted by atomic mass is 35.5. The number of benzene rings is 1. The first-order chi connectivity index (χ1) is 8.97. The lowest BCUT2D eigenvalue weighted by atomic mass is 10.2. The summed E-state index contributed by atoms with van der Waals surface area (Å²) in [5.74, 6) is 0.0818. The predicted octanol–water partition coefficient (Wildman–Crippen LogP) is 2.93. The van der Waals surface area contributed by atoms with Gasteiger partial charge in [0.05, 0.1) is 6.10 Å². The predicted molar refractivity (Wildman–Crippen MR) is 74.5 cm³/mol. The molecule has 5 heteroatoms. The van der Waals surface area contributed by atoms with Crippen molar-refractivity contribution in [3.63, 3.8) is 0 Å². The van der Waals surface area contributed by atoms with Crippen LogP contribution in [0.3, 0.4) is 0 Å². The van der Waals surface area contributed by atoms with Crippen LogP contribution in [0.1, 0.15) is 23.9 Å². The Labute approximate surface area is 116 Å². The first kappa shape index (κ1) is 13.9. The summed E-state index contributed by atoms with van der Waals surface area (Å²) in [6.45, 7) is 2.18. The molecule has 102 valence electrons. The number of amides is 1. The number of nitrogens with zero attached hydrogens (tertiary/aromatic N) is 1. The topological polar surface area (TPSA) is 53.7 Å². The maximum absolute atomic E-state index is 12.1.